The molecule has 1 aliphatic carbocycles. The molecule has 0 radical (unpaired) electrons. The van der Waals surface area contributed by atoms with E-state index in [0.717, 1.165) is 18.4 Å². The molecule has 3 aromatic rings. The van der Waals surface area contributed by atoms with Crippen LogP contribution in [-0.4, -0.2) is 36.0 Å². The first-order chi connectivity index (χ1) is 17.1. The average Bonchev–Trinajstić information content (AvgIpc) is 3.19. The van der Waals surface area contributed by atoms with Crippen molar-refractivity contribution in [3.63, 3.8) is 0 Å². The first-order valence-corrected chi connectivity index (χ1v) is 12.6. The van der Waals surface area contributed by atoms with Crippen LogP contribution in [0.4, 0.5) is 4.79 Å². The number of ether oxygens (including phenoxy) is 1. The van der Waals surface area contributed by atoms with Gasteiger partial charge >= 0.3 is 6.09 Å². The van der Waals surface area contributed by atoms with Crippen LogP contribution in [0.2, 0.25) is 0 Å². The molecule has 182 valence electrons. The molecule has 6 heteroatoms. The number of ketones is 1. The van der Waals surface area contributed by atoms with E-state index in [-0.39, 0.29) is 17.5 Å². The minimum atomic E-state index is -0.427. The number of fused-ring (bicyclic) bond motifs is 3. The summed E-state index contributed by atoms with van der Waals surface area (Å²) in [5, 5.41) is 12.8. The van der Waals surface area contributed by atoms with Crippen molar-refractivity contribution in [2.24, 2.45) is 0 Å². The van der Waals surface area contributed by atoms with E-state index in [4.69, 9.17) is 16.3 Å². The number of Topliss-reactive ketones (excluding diaryl/α,β-unsaturated/α-hetero) is 1. The lowest BCUT2D eigenvalue weighted by molar-refractivity contribution is 0.0976. The number of aryl methyl sites for hydroxylation is 1. The van der Waals surface area contributed by atoms with Crippen molar-refractivity contribution in [1.82, 2.24) is 5.32 Å². The molecule has 0 atom stereocenters. The number of benzene rings is 3. The third kappa shape index (κ3) is 6.04. The van der Waals surface area contributed by atoms with Gasteiger partial charge in [0.1, 0.15) is 12.4 Å². The highest BCUT2D eigenvalue weighted by Crippen LogP contribution is 2.44. The Balaban J connectivity index is 1.17. The molecule has 0 heterocycles. The summed E-state index contributed by atoms with van der Waals surface area (Å²) in [7, 11) is 0. The highest BCUT2D eigenvalue weighted by Gasteiger charge is 2.28. The van der Waals surface area contributed by atoms with Crippen LogP contribution in [0.25, 0.3) is 11.1 Å². The van der Waals surface area contributed by atoms with Gasteiger partial charge in [-0.25, -0.2) is 4.79 Å². The summed E-state index contributed by atoms with van der Waals surface area (Å²) in [6.45, 7) is 0.780. The van der Waals surface area contributed by atoms with Crippen molar-refractivity contribution < 1.29 is 19.4 Å². The van der Waals surface area contributed by atoms with Crippen molar-refractivity contribution in [3.05, 3.63) is 89.0 Å². The Kier molecular flexibility index (Phi) is 8.43. The number of alkyl carbamates (subject to hydrolysis) is 1. The fraction of sp³-hybridized carbons (Fsp3) is 0.310. The number of phenols is 1. The van der Waals surface area contributed by atoms with Crippen LogP contribution in [0.3, 0.4) is 0 Å². The number of amides is 1. The molecule has 35 heavy (non-hydrogen) atoms. The maximum atomic E-state index is 12.5. The quantitative estimate of drug-likeness (QED) is 0.183. The van der Waals surface area contributed by atoms with Crippen molar-refractivity contribution >= 4 is 23.5 Å². The van der Waals surface area contributed by atoms with Gasteiger partial charge in [0.05, 0.1) is 5.56 Å². The summed E-state index contributed by atoms with van der Waals surface area (Å²) in [6, 6.07) is 21.5. The number of rotatable bonds is 11. The Morgan fingerprint density at radius 2 is 1.60 bits per heavy atom. The van der Waals surface area contributed by atoms with Crippen LogP contribution < -0.4 is 5.32 Å². The molecular formula is C29H30ClNO4. The number of hydrogen-bond donors (Lipinski definition) is 2. The van der Waals surface area contributed by atoms with Gasteiger partial charge in [0.25, 0.3) is 0 Å². The summed E-state index contributed by atoms with van der Waals surface area (Å²) in [5.41, 5.74) is 6.06. The minimum Gasteiger partial charge on any atom is -0.507 e. The van der Waals surface area contributed by atoms with Crippen molar-refractivity contribution in [1.29, 1.82) is 0 Å². The largest absolute Gasteiger partial charge is 0.507 e. The lowest BCUT2D eigenvalue weighted by Crippen LogP contribution is -2.27. The van der Waals surface area contributed by atoms with E-state index in [0.29, 0.717) is 43.9 Å². The monoisotopic (exact) mass is 491 g/mol. The predicted molar refractivity (Wildman–Crippen MR) is 138 cm³/mol. The van der Waals surface area contributed by atoms with Crippen molar-refractivity contribution in [2.45, 2.75) is 38.0 Å². The smallest absolute Gasteiger partial charge is 0.407 e. The highest BCUT2D eigenvalue weighted by atomic mass is 35.5. The normalized spacial score (nSPS) is 12.1. The molecule has 3 aromatic carbocycles. The van der Waals surface area contributed by atoms with Crippen LogP contribution in [0.1, 0.15) is 58.6 Å². The second-order valence-corrected chi connectivity index (χ2v) is 9.15. The molecule has 1 aliphatic rings. The maximum absolute atomic E-state index is 12.5. The topological polar surface area (TPSA) is 75.6 Å². The first-order valence-electron chi connectivity index (χ1n) is 12.1. The molecular weight excluding hydrogens is 462 g/mol. The zero-order valence-corrected chi connectivity index (χ0v) is 20.4. The summed E-state index contributed by atoms with van der Waals surface area (Å²) in [6.07, 6.45) is 2.80. The minimum absolute atomic E-state index is 0.00486. The average molecular weight is 492 g/mol. The lowest BCUT2D eigenvalue weighted by Gasteiger charge is -2.14. The van der Waals surface area contributed by atoms with Crippen molar-refractivity contribution in [3.8, 4) is 16.9 Å². The van der Waals surface area contributed by atoms with E-state index in [1.165, 1.54) is 22.3 Å². The van der Waals surface area contributed by atoms with Crippen LogP contribution in [0.15, 0.2) is 66.7 Å². The Labute approximate surface area is 211 Å². The van der Waals surface area contributed by atoms with Gasteiger partial charge in [0, 0.05) is 24.8 Å². The molecule has 0 bridgehead atoms. The zero-order valence-electron chi connectivity index (χ0n) is 19.6. The molecule has 0 saturated carbocycles. The molecule has 0 fully saturated rings. The zero-order chi connectivity index (χ0) is 24.6. The van der Waals surface area contributed by atoms with Crippen LogP contribution >= 0.6 is 11.6 Å². The SMILES string of the molecule is O=C(NCCCCCC(=O)c1cc(CCCl)ccc1O)OCC1c2ccccc2-c2ccccc21. The summed E-state index contributed by atoms with van der Waals surface area (Å²) >= 11 is 5.77. The van der Waals surface area contributed by atoms with Gasteiger partial charge in [-0.05, 0) is 59.2 Å². The van der Waals surface area contributed by atoms with Gasteiger partial charge in [-0.2, -0.15) is 0 Å². The number of carbonyl (C=O) groups excluding carboxylic acids is 2. The first kappa shape index (κ1) is 24.8. The maximum Gasteiger partial charge on any atom is 0.407 e. The van der Waals surface area contributed by atoms with Crippen LogP contribution in [-0.2, 0) is 11.2 Å². The predicted octanol–water partition coefficient (Wildman–Crippen LogP) is 6.46. The number of aromatic hydroxyl groups is 1. The van der Waals surface area contributed by atoms with Gasteiger partial charge in [-0.3, -0.25) is 4.79 Å². The molecule has 0 saturated heterocycles. The molecule has 2 N–H and O–H groups in total. The fourth-order valence-corrected chi connectivity index (χ4v) is 4.85. The van der Waals surface area contributed by atoms with Crippen molar-refractivity contribution in [2.75, 3.05) is 19.0 Å². The van der Waals surface area contributed by atoms with Gasteiger partial charge < -0.3 is 15.2 Å². The van der Waals surface area contributed by atoms with Crippen LogP contribution in [0, 0.1) is 0 Å². The second-order valence-electron chi connectivity index (χ2n) is 8.78. The number of unbranched alkanes of at least 4 members (excludes halogenated alkanes) is 2. The number of halogens is 1. The Hall–Kier alpha value is -3.31. The van der Waals surface area contributed by atoms with E-state index < -0.39 is 6.09 Å². The Bertz CT molecular complexity index is 1150. The molecule has 0 spiro atoms. The van der Waals surface area contributed by atoms with Gasteiger partial charge in [0.2, 0.25) is 0 Å². The standard InChI is InChI=1S/C29H30ClNO4/c30-16-15-20-13-14-28(33)25(18-20)27(32)12-2-1-7-17-31-29(34)35-19-26-23-10-5-3-8-21(23)22-9-4-6-11-24(22)26/h3-6,8-11,13-14,18,26,33H,1-2,7,12,15-17,19H2,(H,31,34). The third-order valence-electron chi connectivity index (χ3n) is 6.44. The number of alkyl halides is 1. The van der Waals surface area contributed by atoms with Gasteiger partial charge in [-0.15, -0.1) is 11.6 Å². The molecule has 0 aromatic heterocycles. The number of nitrogens with one attached hydrogen (secondary N) is 1. The van der Waals surface area contributed by atoms with Gasteiger partial charge in [-0.1, -0.05) is 61.0 Å². The summed E-state index contributed by atoms with van der Waals surface area (Å²) < 4.78 is 5.55. The lowest BCUT2D eigenvalue weighted by atomic mass is 9.98. The Morgan fingerprint density at radius 1 is 0.914 bits per heavy atom. The Morgan fingerprint density at radius 3 is 2.29 bits per heavy atom. The van der Waals surface area contributed by atoms with E-state index >= 15 is 0 Å². The van der Waals surface area contributed by atoms with E-state index in [1.807, 2.05) is 24.3 Å². The third-order valence-corrected chi connectivity index (χ3v) is 6.63. The summed E-state index contributed by atoms with van der Waals surface area (Å²) in [4.78, 5) is 24.7. The molecule has 4 rings (SSSR count). The second kappa shape index (κ2) is 11.9. The summed E-state index contributed by atoms with van der Waals surface area (Å²) in [5.74, 6) is 0.432. The molecule has 0 aliphatic heterocycles. The molecule has 5 nitrogen and oxygen atoms in total. The van der Waals surface area contributed by atoms with E-state index in [2.05, 4.69) is 29.6 Å². The highest BCUT2D eigenvalue weighted by molar-refractivity contribution is 6.18. The number of phenolic OH excluding ortho intramolecular Hbond substituents is 1. The van der Waals surface area contributed by atoms with E-state index in [9.17, 15) is 14.7 Å². The van der Waals surface area contributed by atoms with E-state index in [1.54, 1.807) is 18.2 Å². The van der Waals surface area contributed by atoms with Crippen LogP contribution in [0.5, 0.6) is 5.75 Å². The number of hydrogen-bond acceptors (Lipinski definition) is 4. The molecule has 0 unspecified atom stereocenters. The number of carbonyl (C=O) groups is 2. The molecule has 1 amide bonds. The van der Waals surface area contributed by atoms with Gasteiger partial charge in [0.15, 0.2) is 5.78 Å². The fourth-order valence-electron chi connectivity index (χ4n) is 4.63.